The van der Waals surface area contributed by atoms with Gasteiger partial charge in [0, 0.05) is 10.5 Å². The van der Waals surface area contributed by atoms with Crippen molar-refractivity contribution in [1.29, 1.82) is 0 Å². The van der Waals surface area contributed by atoms with Crippen LogP contribution in [-0.4, -0.2) is 20.8 Å². The van der Waals surface area contributed by atoms with Crippen LogP contribution in [0.25, 0.3) is 11.4 Å². The van der Waals surface area contributed by atoms with Crippen molar-refractivity contribution >= 4 is 27.7 Å². The van der Waals surface area contributed by atoms with Gasteiger partial charge in [0.05, 0.1) is 0 Å². The highest BCUT2D eigenvalue weighted by Crippen LogP contribution is 2.23. The number of aromatic amines is 1. The van der Waals surface area contributed by atoms with Gasteiger partial charge in [-0.3, -0.25) is 4.79 Å². The second-order valence-electron chi connectivity index (χ2n) is 3.51. The summed E-state index contributed by atoms with van der Waals surface area (Å²) in [5.41, 5.74) is 0.361. The van der Waals surface area contributed by atoms with Crippen LogP contribution in [-0.2, 0) is 0 Å². The summed E-state index contributed by atoms with van der Waals surface area (Å²) in [6.45, 7) is 2.09. The third-order valence-corrected chi connectivity index (χ3v) is 3.89. The molecule has 18 heavy (non-hydrogen) atoms. The van der Waals surface area contributed by atoms with Crippen molar-refractivity contribution in [2.45, 2.75) is 11.8 Å². The lowest BCUT2D eigenvalue weighted by molar-refractivity contribution is 0.448. The van der Waals surface area contributed by atoms with Crippen molar-refractivity contribution in [1.82, 2.24) is 9.97 Å². The minimum absolute atomic E-state index is 0.0457. The largest absolute Gasteiger partial charge is 0.492 e. The summed E-state index contributed by atoms with van der Waals surface area (Å²) in [5, 5.41) is 9.50. The fraction of sp³-hybridized carbons (Fsp3) is 0.167. The predicted molar refractivity (Wildman–Crippen MR) is 76.1 cm³/mol. The van der Waals surface area contributed by atoms with E-state index in [0.717, 1.165) is 16.2 Å². The number of H-pyrrole nitrogens is 1. The number of nitrogens with zero attached hydrogens (tertiary/aromatic N) is 1. The predicted octanol–water partition coefficient (Wildman–Crippen LogP) is 3.02. The molecule has 0 fully saturated rings. The first kappa shape index (κ1) is 13.2. The van der Waals surface area contributed by atoms with Gasteiger partial charge in [0.25, 0.3) is 5.56 Å². The number of aromatic nitrogens is 2. The molecule has 0 saturated carbocycles. The molecule has 2 N–H and O–H groups in total. The summed E-state index contributed by atoms with van der Waals surface area (Å²) in [7, 11) is 0. The molecule has 4 nitrogen and oxygen atoms in total. The van der Waals surface area contributed by atoms with Gasteiger partial charge in [-0.1, -0.05) is 19.1 Å². The Labute approximate surface area is 117 Å². The number of hydrogen-bond acceptors (Lipinski definition) is 4. The average molecular weight is 327 g/mol. The zero-order valence-electron chi connectivity index (χ0n) is 9.61. The molecule has 0 bridgehead atoms. The van der Waals surface area contributed by atoms with Gasteiger partial charge < -0.3 is 10.1 Å². The molecule has 1 aromatic heterocycles. The molecule has 0 saturated heterocycles. The van der Waals surface area contributed by atoms with Gasteiger partial charge in [-0.05, 0) is 33.8 Å². The molecule has 6 heteroatoms. The van der Waals surface area contributed by atoms with Gasteiger partial charge in [0.1, 0.15) is 10.3 Å². The second kappa shape index (κ2) is 5.58. The third kappa shape index (κ3) is 2.76. The van der Waals surface area contributed by atoms with Crippen LogP contribution in [0.2, 0.25) is 0 Å². The maximum atomic E-state index is 11.5. The molecule has 0 aliphatic carbocycles. The van der Waals surface area contributed by atoms with Crippen molar-refractivity contribution in [3.05, 3.63) is 39.1 Å². The van der Waals surface area contributed by atoms with E-state index in [2.05, 4.69) is 32.8 Å². The average Bonchev–Trinajstić information content (AvgIpc) is 2.37. The van der Waals surface area contributed by atoms with Crippen molar-refractivity contribution in [3.8, 4) is 17.3 Å². The fourth-order valence-electron chi connectivity index (χ4n) is 1.46. The topological polar surface area (TPSA) is 66.0 Å². The first-order chi connectivity index (χ1) is 8.61. The monoisotopic (exact) mass is 326 g/mol. The Bertz CT molecular complexity index is 610. The van der Waals surface area contributed by atoms with E-state index in [4.69, 9.17) is 0 Å². The van der Waals surface area contributed by atoms with Crippen LogP contribution in [0.3, 0.4) is 0 Å². The maximum absolute atomic E-state index is 11.5. The molecule has 0 atom stereocenters. The molecule has 1 aromatic carbocycles. The van der Waals surface area contributed by atoms with Crippen LogP contribution in [0.4, 0.5) is 0 Å². The van der Waals surface area contributed by atoms with Crippen LogP contribution in [0.1, 0.15) is 6.92 Å². The Morgan fingerprint density at radius 1 is 1.39 bits per heavy atom. The van der Waals surface area contributed by atoms with Crippen LogP contribution < -0.4 is 5.56 Å². The number of benzene rings is 1. The zero-order valence-corrected chi connectivity index (χ0v) is 12.0. The summed E-state index contributed by atoms with van der Waals surface area (Å²) >= 11 is 4.70. The Hall–Kier alpha value is -1.27. The molecule has 0 spiro atoms. The lowest BCUT2D eigenvalue weighted by Crippen LogP contribution is -2.09. The van der Waals surface area contributed by atoms with Crippen molar-refractivity contribution in [2.24, 2.45) is 0 Å². The van der Waals surface area contributed by atoms with E-state index >= 15 is 0 Å². The Balaban J connectivity index is 2.40. The highest BCUT2D eigenvalue weighted by Gasteiger charge is 2.08. The van der Waals surface area contributed by atoms with Gasteiger partial charge in [0.15, 0.2) is 0 Å². The number of thioether (sulfide) groups is 1. The number of halogens is 1. The van der Waals surface area contributed by atoms with Crippen LogP contribution >= 0.6 is 27.7 Å². The molecule has 0 aliphatic rings. The molecule has 2 aromatic rings. The van der Waals surface area contributed by atoms with E-state index in [-0.39, 0.29) is 10.4 Å². The van der Waals surface area contributed by atoms with Crippen LogP contribution in [0.15, 0.2) is 38.4 Å². The van der Waals surface area contributed by atoms with E-state index in [1.165, 1.54) is 0 Å². The summed E-state index contributed by atoms with van der Waals surface area (Å²) in [6, 6.07) is 7.65. The molecule has 0 aliphatic heterocycles. The number of hydrogen-bond donors (Lipinski definition) is 2. The molecular weight excluding hydrogens is 316 g/mol. The van der Waals surface area contributed by atoms with Crippen molar-refractivity contribution in [2.75, 3.05) is 5.75 Å². The van der Waals surface area contributed by atoms with Gasteiger partial charge in [-0.15, -0.1) is 11.8 Å². The van der Waals surface area contributed by atoms with Crippen LogP contribution in [0, 0.1) is 0 Å². The Morgan fingerprint density at radius 3 is 2.61 bits per heavy atom. The van der Waals surface area contributed by atoms with E-state index in [9.17, 15) is 9.90 Å². The molecule has 1 heterocycles. The van der Waals surface area contributed by atoms with Crippen molar-refractivity contribution in [3.63, 3.8) is 0 Å². The summed E-state index contributed by atoms with van der Waals surface area (Å²) in [6.07, 6.45) is 0. The first-order valence-corrected chi connectivity index (χ1v) is 7.11. The zero-order chi connectivity index (χ0) is 13.1. The molecule has 0 amide bonds. The SMILES string of the molecule is CCSc1ccc(-c2nc(O)c(Br)c(=O)[nH]2)cc1. The van der Waals surface area contributed by atoms with Crippen LogP contribution in [0.5, 0.6) is 5.88 Å². The number of nitrogens with one attached hydrogen (secondary N) is 1. The minimum atomic E-state index is -0.399. The standard InChI is InChI=1S/C12H11BrN2O2S/c1-2-18-8-5-3-7(4-6-8)10-14-11(16)9(13)12(17)15-10/h3-6H,2H2,1H3,(H2,14,15,16,17). The van der Waals surface area contributed by atoms with Gasteiger partial charge in [-0.2, -0.15) is 4.98 Å². The first-order valence-electron chi connectivity index (χ1n) is 5.34. The van der Waals surface area contributed by atoms with Gasteiger partial charge in [0.2, 0.25) is 5.88 Å². The highest BCUT2D eigenvalue weighted by atomic mass is 79.9. The molecule has 2 rings (SSSR count). The minimum Gasteiger partial charge on any atom is -0.492 e. The van der Waals surface area contributed by atoms with Gasteiger partial charge >= 0.3 is 0 Å². The van der Waals surface area contributed by atoms with Crippen molar-refractivity contribution < 1.29 is 5.11 Å². The quantitative estimate of drug-likeness (QED) is 0.851. The highest BCUT2D eigenvalue weighted by molar-refractivity contribution is 9.10. The lowest BCUT2D eigenvalue weighted by Gasteiger charge is -2.04. The maximum Gasteiger partial charge on any atom is 0.269 e. The number of rotatable bonds is 3. The van der Waals surface area contributed by atoms with E-state index in [1.807, 2.05) is 24.3 Å². The summed E-state index contributed by atoms with van der Waals surface area (Å²) in [5.74, 6) is 1.06. The normalized spacial score (nSPS) is 10.6. The summed E-state index contributed by atoms with van der Waals surface area (Å²) < 4.78 is 0.0457. The summed E-state index contributed by atoms with van der Waals surface area (Å²) in [4.78, 5) is 19.2. The van der Waals surface area contributed by atoms with E-state index in [1.54, 1.807) is 11.8 Å². The molecule has 0 unspecified atom stereocenters. The number of aromatic hydroxyl groups is 1. The lowest BCUT2D eigenvalue weighted by atomic mass is 10.2. The smallest absolute Gasteiger partial charge is 0.269 e. The van der Waals surface area contributed by atoms with Gasteiger partial charge in [-0.25, -0.2) is 0 Å². The second-order valence-corrected chi connectivity index (χ2v) is 5.64. The third-order valence-electron chi connectivity index (χ3n) is 2.28. The molecular formula is C12H11BrN2O2S. The molecule has 94 valence electrons. The van der Waals surface area contributed by atoms with E-state index in [0.29, 0.717) is 5.82 Å². The Morgan fingerprint density at radius 2 is 2.06 bits per heavy atom. The van der Waals surface area contributed by atoms with E-state index < -0.39 is 5.56 Å². The fourth-order valence-corrected chi connectivity index (χ4v) is 2.31. The Kier molecular flexibility index (Phi) is 4.08. The molecule has 0 radical (unpaired) electrons.